The Balaban J connectivity index is 2.56. The fraction of sp³-hybridized carbons (Fsp3) is 0.278. The predicted octanol–water partition coefficient (Wildman–Crippen LogP) is 3.08. The Kier molecular flexibility index (Phi) is 5.75. The normalized spacial score (nSPS) is 10.1. The number of nitrogens with two attached hydrogens (primary N) is 1. The Bertz CT molecular complexity index is 922. The summed E-state index contributed by atoms with van der Waals surface area (Å²) in [6.07, 6.45) is 2.85. The second-order valence-corrected chi connectivity index (χ2v) is 5.45. The minimum Gasteiger partial charge on any atom is -0.493 e. The standard InChI is InChI=1S/C18H17FN4O2/c1-2-3-4-5-25-13-7-11(6-12(19)8-13)16-14(9-20)17(22)23-18(24)15(16)10-21/h6-8H,2-5H2,1H3,(H3,22,23,24). The average molecular weight is 340 g/mol. The SMILES string of the molecule is CCCCCOc1cc(F)cc(-c2c(C#N)c(N)[nH]c(=O)c2C#N)c1. The van der Waals surface area contributed by atoms with Crippen LogP contribution in [0.4, 0.5) is 10.2 Å². The number of pyridine rings is 1. The molecule has 0 atom stereocenters. The Labute approximate surface area is 144 Å². The second-order valence-electron chi connectivity index (χ2n) is 5.45. The molecule has 0 aliphatic rings. The molecule has 0 radical (unpaired) electrons. The summed E-state index contributed by atoms with van der Waals surface area (Å²) in [7, 11) is 0. The molecule has 2 aromatic rings. The molecule has 1 aromatic carbocycles. The van der Waals surface area contributed by atoms with Crippen LogP contribution in [0.2, 0.25) is 0 Å². The monoisotopic (exact) mass is 340 g/mol. The number of nitrogens with one attached hydrogen (secondary N) is 1. The van der Waals surface area contributed by atoms with E-state index in [0.29, 0.717) is 6.61 Å². The van der Waals surface area contributed by atoms with Crippen molar-refractivity contribution in [3.8, 4) is 29.0 Å². The fourth-order valence-electron chi connectivity index (χ4n) is 2.46. The van der Waals surface area contributed by atoms with Crippen molar-refractivity contribution < 1.29 is 9.13 Å². The van der Waals surface area contributed by atoms with Crippen molar-refractivity contribution >= 4 is 5.82 Å². The van der Waals surface area contributed by atoms with Crippen molar-refractivity contribution in [3.05, 3.63) is 45.5 Å². The van der Waals surface area contributed by atoms with Crippen molar-refractivity contribution in [1.29, 1.82) is 10.5 Å². The third kappa shape index (κ3) is 3.96. The molecule has 0 aliphatic heterocycles. The van der Waals surface area contributed by atoms with E-state index in [1.807, 2.05) is 6.07 Å². The third-order valence-corrected chi connectivity index (χ3v) is 3.64. The van der Waals surface area contributed by atoms with Crippen LogP contribution in [0.3, 0.4) is 0 Å². The molecule has 0 saturated carbocycles. The molecule has 1 heterocycles. The summed E-state index contributed by atoms with van der Waals surface area (Å²) >= 11 is 0. The van der Waals surface area contributed by atoms with Gasteiger partial charge in [0.15, 0.2) is 0 Å². The molecule has 0 spiro atoms. The largest absolute Gasteiger partial charge is 0.493 e. The average Bonchev–Trinajstić information content (AvgIpc) is 2.57. The number of H-pyrrole nitrogens is 1. The summed E-state index contributed by atoms with van der Waals surface area (Å²) in [6, 6.07) is 7.44. The van der Waals surface area contributed by atoms with Crippen LogP contribution in [0.15, 0.2) is 23.0 Å². The molecule has 0 amide bonds. The molecule has 6 nitrogen and oxygen atoms in total. The van der Waals surface area contributed by atoms with E-state index in [2.05, 4.69) is 11.9 Å². The van der Waals surface area contributed by atoms with Gasteiger partial charge in [0.25, 0.3) is 5.56 Å². The molecule has 2 rings (SSSR count). The quantitative estimate of drug-likeness (QED) is 0.784. The highest BCUT2D eigenvalue weighted by Crippen LogP contribution is 2.31. The van der Waals surface area contributed by atoms with Gasteiger partial charge in [0.05, 0.1) is 6.61 Å². The summed E-state index contributed by atoms with van der Waals surface area (Å²) in [6.45, 7) is 2.48. The van der Waals surface area contributed by atoms with Crippen LogP contribution in [0, 0.1) is 28.5 Å². The summed E-state index contributed by atoms with van der Waals surface area (Å²) in [5.41, 5.74) is 4.75. The highest BCUT2D eigenvalue weighted by atomic mass is 19.1. The van der Waals surface area contributed by atoms with Crippen LogP contribution in [0.1, 0.15) is 37.3 Å². The molecule has 25 heavy (non-hydrogen) atoms. The van der Waals surface area contributed by atoms with Gasteiger partial charge >= 0.3 is 0 Å². The summed E-state index contributed by atoms with van der Waals surface area (Å²) in [5, 5.41) is 18.6. The number of nitrogen functional groups attached to an aromatic ring is 1. The zero-order valence-electron chi connectivity index (χ0n) is 13.7. The number of halogens is 1. The third-order valence-electron chi connectivity index (χ3n) is 3.64. The number of ether oxygens (including phenoxy) is 1. The Morgan fingerprint density at radius 2 is 1.92 bits per heavy atom. The number of benzene rings is 1. The van der Waals surface area contributed by atoms with E-state index in [1.165, 1.54) is 12.1 Å². The Morgan fingerprint density at radius 3 is 2.56 bits per heavy atom. The van der Waals surface area contributed by atoms with Crippen molar-refractivity contribution in [2.24, 2.45) is 0 Å². The number of aromatic nitrogens is 1. The number of hydrogen-bond donors (Lipinski definition) is 2. The number of nitriles is 2. The minimum absolute atomic E-state index is 0.00385. The molecule has 1 aromatic heterocycles. The molecule has 3 N–H and O–H groups in total. The Morgan fingerprint density at radius 1 is 1.20 bits per heavy atom. The van der Waals surface area contributed by atoms with E-state index < -0.39 is 11.4 Å². The number of unbranched alkanes of at least 4 members (excludes halogenated alkanes) is 2. The van der Waals surface area contributed by atoms with Crippen LogP contribution in [0.5, 0.6) is 5.75 Å². The van der Waals surface area contributed by atoms with Gasteiger partial charge in [0, 0.05) is 11.6 Å². The lowest BCUT2D eigenvalue weighted by Gasteiger charge is -2.11. The number of anilines is 1. The van der Waals surface area contributed by atoms with Crippen molar-refractivity contribution in [2.75, 3.05) is 12.3 Å². The molecular weight excluding hydrogens is 323 g/mol. The first-order valence-corrected chi connectivity index (χ1v) is 7.81. The molecule has 0 bridgehead atoms. The van der Waals surface area contributed by atoms with E-state index in [1.54, 1.807) is 6.07 Å². The molecule has 7 heteroatoms. The van der Waals surface area contributed by atoms with E-state index in [9.17, 15) is 19.7 Å². The van der Waals surface area contributed by atoms with Gasteiger partial charge in [0.1, 0.15) is 40.6 Å². The van der Waals surface area contributed by atoms with Gasteiger partial charge in [-0.3, -0.25) is 4.79 Å². The number of rotatable bonds is 6. The highest BCUT2D eigenvalue weighted by Gasteiger charge is 2.19. The van der Waals surface area contributed by atoms with Crippen LogP contribution < -0.4 is 16.0 Å². The maximum absolute atomic E-state index is 14.0. The Hall–Kier alpha value is -3.32. The lowest BCUT2D eigenvalue weighted by atomic mass is 9.96. The fourth-order valence-corrected chi connectivity index (χ4v) is 2.46. The predicted molar refractivity (Wildman–Crippen MR) is 91.3 cm³/mol. The van der Waals surface area contributed by atoms with E-state index in [-0.39, 0.29) is 33.8 Å². The molecule has 0 saturated heterocycles. The van der Waals surface area contributed by atoms with Crippen molar-refractivity contribution in [3.63, 3.8) is 0 Å². The first-order chi connectivity index (χ1) is 12.0. The van der Waals surface area contributed by atoms with Gasteiger partial charge in [-0.05, 0) is 24.1 Å². The van der Waals surface area contributed by atoms with E-state index in [4.69, 9.17) is 10.5 Å². The number of hydrogen-bond acceptors (Lipinski definition) is 5. The van der Waals surface area contributed by atoms with E-state index in [0.717, 1.165) is 25.3 Å². The number of aromatic amines is 1. The lowest BCUT2D eigenvalue weighted by molar-refractivity contribution is 0.305. The zero-order valence-corrected chi connectivity index (χ0v) is 13.7. The summed E-state index contributed by atoms with van der Waals surface area (Å²) in [5.74, 6) is -0.511. The van der Waals surface area contributed by atoms with Crippen LogP contribution in [-0.4, -0.2) is 11.6 Å². The molecule has 0 unspecified atom stereocenters. The van der Waals surface area contributed by atoms with Gasteiger partial charge in [0.2, 0.25) is 0 Å². The van der Waals surface area contributed by atoms with Crippen LogP contribution >= 0.6 is 0 Å². The van der Waals surface area contributed by atoms with Gasteiger partial charge in [-0.2, -0.15) is 10.5 Å². The maximum atomic E-state index is 14.0. The van der Waals surface area contributed by atoms with Gasteiger partial charge < -0.3 is 15.5 Å². The molecule has 0 aliphatic carbocycles. The second kappa shape index (κ2) is 7.98. The van der Waals surface area contributed by atoms with Crippen molar-refractivity contribution in [1.82, 2.24) is 4.98 Å². The van der Waals surface area contributed by atoms with Crippen LogP contribution in [-0.2, 0) is 0 Å². The first-order valence-electron chi connectivity index (χ1n) is 7.81. The van der Waals surface area contributed by atoms with Gasteiger partial charge in [-0.15, -0.1) is 0 Å². The molecule has 0 fully saturated rings. The van der Waals surface area contributed by atoms with Crippen LogP contribution in [0.25, 0.3) is 11.1 Å². The molecular formula is C18H17FN4O2. The van der Waals surface area contributed by atoms with E-state index >= 15 is 0 Å². The summed E-state index contributed by atoms with van der Waals surface area (Å²) < 4.78 is 19.5. The highest BCUT2D eigenvalue weighted by molar-refractivity contribution is 5.80. The first kappa shape index (κ1) is 18.0. The van der Waals surface area contributed by atoms with Crippen molar-refractivity contribution in [2.45, 2.75) is 26.2 Å². The molecule has 128 valence electrons. The lowest BCUT2D eigenvalue weighted by Crippen LogP contribution is -2.16. The van der Waals surface area contributed by atoms with Gasteiger partial charge in [-0.1, -0.05) is 19.8 Å². The number of nitrogens with zero attached hydrogens (tertiary/aromatic N) is 2. The maximum Gasteiger partial charge on any atom is 0.268 e. The smallest absolute Gasteiger partial charge is 0.268 e. The van der Waals surface area contributed by atoms with Gasteiger partial charge in [-0.25, -0.2) is 4.39 Å². The minimum atomic E-state index is -0.733. The summed E-state index contributed by atoms with van der Waals surface area (Å²) in [4.78, 5) is 14.2. The zero-order chi connectivity index (χ0) is 18.4. The topological polar surface area (TPSA) is 116 Å².